The number of halogens is 2. The third-order valence-corrected chi connectivity index (χ3v) is 4.99. The van der Waals surface area contributed by atoms with E-state index in [1.807, 2.05) is 18.1 Å². The summed E-state index contributed by atoms with van der Waals surface area (Å²) < 4.78 is 22.0. The van der Waals surface area contributed by atoms with Gasteiger partial charge in [0.1, 0.15) is 17.7 Å². The number of hydrogen-bond acceptors (Lipinski definition) is 5. The Morgan fingerprint density at radius 3 is 2.86 bits per heavy atom. The average molecular weight is 417 g/mol. The summed E-state index contributed by atoms with van der Waals surface area (Å²) in [7, 11) is 1.83. The molecule has 2 aromatic heterocycles. The number of benzene rings is 1. The largest absolute Gasteiger partial charge is 0.478 e. The first-order valence-corrected chi connectivity index (χ1v) is 9.34. The van der Waals surface area contributed by atoms with Gasteiger partial charge in [-0.25, -0.2) is 14.2 Å². The monoisotopic (exact) mass is 416 g/mol. The first-order chi connectivity index (χ1) is 13.9. The van der Waals surface area contributed by atoms with Crippen LogP contribution < -0.4 is 4.90 Å². The minimum atomic E-state index is -1.11. The summed E-state index contributed by atoms with van der Waals surface area (Å²) in [6, 6.07) is 7.07. The number of ether oxygens (including phenoxy) is 1. The van der Waals surface area contributed by atoms with Crippen molar-refractivity contribution in [2.24, 2.45) is 7.05 Å². The maximum atomic E-state index is 14.4. The fourth-order valence-corrected chi connectivity index (χ4v) is 3.46. The molecule has 29 heavy (non-hydrogen) atoms. The zero-order chi connectivity index (χ0) is 20.5. The number of aryl methyl sites for hydroxylation is 1. The number of aromatic nitrogens is 3. The highest BCUT2D eigenvalue weighted by atomic mass is 35.5. The third kappa shape index (κ3) is 4.08. The van der Waals surface area contributed by atoms with E-state index in [0.717, 1.165) is 5.56 Å². The van der Waals surface area contributed by atoms with E-state index in [2.05, 4.69) is 10.1 Å². The molecule has 1 aliphatic rings. The average Bonchev–Trinajstić information content (AvgIpc) is 3.14. The van der Waals surface area contributed by atoms with E-state index >= 15 is 0 Å². The van der Waals surface area contributed by atoms with Gasteiger partial charge < -0.3 is 14.7 Å². The molecule has 150 valence electrons. The van der Waals surface area contributed by atoms with E-state index in [4.69, 9.17) is 16.3 Å². The molecule has 3 heterocycles. The molecule has 0 amide bonds. The van der Waals surface area contributed by atoms with Gasteiger partial charge in [0, 0.05) is 42.5 Å². The second-order valence-corrected chi connectivity index (χ2v) is 7.22. The van der Waals surface area contributed by atoms with E-state index < -0.39 is 11.8 Å². The number of carboxylic acids is 1. The second-order valence-electron chi connectivity index (χ2n) is 6.78. The van der Waals surface area contributed by atoms with Crippen molar-refractivity contribution in [2.45, 2.75) is 6.10 Å². The highest BCUT2D eigenvalue weighted by Gasteiger charge is 2.25. The number of hydrogen-bond donors (Lipinski definition) is 1. The van der Waals surface area contributed by atoms with Crippen LogP contribution in [-0.2, 0) is 11.8 Å². The van der Waals surface area contributed by atoms with E-state index in [0.29, 0.717) is 25.5 Å². The predicted octanol–water partition coefficient (Wildman–Crippen LogP) is 3.55. The van der Waals surface area contributed by atoms with Gasteiger partial charge in [-0.15, -0.1) is 0 Å². The van der Waals surface area contributed by atoms with Gasteiger partial charge in [-0.2, -0.15) is 5.10 Å². The summed E-state index contributed by atoms with van der Waals surface area (Å²) in [4.78, 5) is 18.1. The molecule has 1 unspecified atom stereocenters. The summed E-state index contributed by atoms with van der Waals surface area (Å²) in [5.41, 5.74) is 1.38. The summed E-state index contributed by atoms with van der Waals surface area (Å²) in [6.07, 6.45) is 3.40. The van der Waals surface area contributed by atoms with Crippen LogP contribution in [0.2, 0.25) is 5.02 Å². The van der Waals surface area contributed by atoms with Gasteiger partial charge in [-0.1, -0.05) is 11.6 Å². The van der Waals surface area contributed by atoms with Crippen molar-refractivity contribution in [2.75, 3.05) is 24.6 Å². The molecule has 3 aromatic rings. The Morgan fingerprint density at radius 1 is 1.34 bits per heavy atom. The maximum absolute atomic E-state index is 14.4. The SMILES string of the molecule is Cn1cc(C2CN(c3cc(C(=O)O)cc(-c4ccc(Cl)cc4F)n3)CCO2)cn1. The summed E-state index contributed by atoms with van der Waals surface area (Å²) in [5, 5.41) is 14.0. The lowest BCUT2D eigenvalue weighted by molar-refractivity contribution is 0.0395. The molecular weight excluding hydrogens is 399 g/mol. The molecule has 1 N–H and O–H groups in total. The third-order valence-electron chi connectivity index (χ3n) is 4.75. The molecule has 1 aliphatic heterocycles. The molecule has 0 aliphatic carbocycles. The van der Waals surface area contributed by atoms with Crippen molar-refractivity contribution in [1.29, 1.82) is 0 Å². The number of carbonyl (C=O) groups is 1. The van der Waals surface area contributed by atoms with E-state index in [1.54, 1.807) is 16.9 Å². The zero-order valence-corrected chi connectivity index (χ0v) is 16.3. The Kier molecular flexibility index (Phi) is 5.21. The number of aromatic carboxylic acids is 1. The normalized spacial score (nSPS) is 16.8. The second kappa shape index (κ2) is 7.81. The van der Waals surface area contributed by atoms with Gasteiger partial charge in [0.25, 0.3) is 0 Å². The summed E-state index contributed by atoms with van der Waals surface area (Å²) >= 11 is 5.83. The van der Waals surface area contributed by atoms with Crippen molar-refractivity contribution < 1.29 is 19.0 Å². The minimum absolute atomic E-state index is 0.0313. The molecule has 0 spiro atoms. The fraction of sp³-hybridized carbons (Fsp3) is 0.250. The standard InChI is InChI=1S/C20H18ClFN4O3/c1-25-10-13(9-23-25)18-11-26(4-5-29-18)19-7-12(20(27)28)6-17(24-19)15-3-2-14(21)8-16(15)22/h2-3,6-10,18H,4-5,11H2,1H3,(H,27,28). The van der Waals surface area contributed by atoms with Crippen LogP contribution in [0, 0.1) is 5.82 Å². The van der Waals surface area contributed by atoms with Crippen molar-refractivity contribution in [3.8, 4) is 11.3 Å². The molecule has 1 atom stereocenters. The smallest absolute Gasteiger partial charge is 0.335 e. The van der Waals surface area contributed by atoms with Crippen LogP contribution in [-0.4, -0.2) is 45.5 Å². The molecule has 7 nitrogen and oxygen atoms in total. The van der Waals surface area contributed by atoms with Crippen LogP contribution in [0.5, 0.6) is 0 Å². The quantitative estimate of drug-likeness (QED) is 0.700. The van der Waals surface area contributed by atoms with E-state index in [9.17, 15) is 14.3 Å². The highest BCUT2D eigenvalue weighted by Crippen LogP contribution is 2.30. The van der Waals surface area contributed by atoms with Gasteiger partial charge in [-0.3, -0.25) is 4.68 Å². The minimum Gasteiger partial charge on any atom is -0.478 e. The molecule has 1 aromatic carbocycles. The van der Waals surface area contributed by atoms with Crippen molar-refractivity contribution in [3.63, 3.8) is 0 Å². The van der Waals surface area contributed by atoms with Crippen LogP contribution in [0.4, 0.5) is 10.2 Å². The first kappa shape index (κ1) is 19.4. The van der Waals surface area contributed by atoms with Crippen LogP contribution >= 0.6 is 11.6 Å². The van der Waals surface area contributed by atoms with Crippen LogP contribution in [0.1, 0.15) is 22.0 Å². The first-order valence-electron chi connectivity index (χ1n) is 8.96. The summed E-state index contributed by atoms with van der Waals surface area (Å²) in [5.74, 6) is -1.22. The van der Waals surface area contributed by atoms with E-state index in [1.165, 1.54) is 24.3 Å². The van der Waals surface area contributed by atoms with Crippen molar-refractivity contribution in [3.05, 3.63) is 64.7 Å². The molecule has 0 bridgehead atoms. The predicted molar refractivity (Wildman–Crippen MR) is 106 cm³/mol. The lowest BCUT2D eigenvalue weighted by Gasteiger charge is -2.33. The Hall–Kier alpha value is -2.97. The number of anilines is 1. The van der Waals surface area contributed by atoms with Gasteiger partial charge in [0.2, 0.25) is 0 Å². The Morgan fingerprint density at radius 2 is 2.17 bits per heavy atom. The Bertz CT molecular complexity index is 1070. The fourth-order valence-electron chi connectivity index (χ4n) is 3.30. The number of rotatable bonds is 4. The molecule has 1 fully saturated rings. The van der Waals surface area contributed by atoms with Crippen LogP contribution in [0.3, 0.4) is 0 Å². The summed E-state index contributed by atoms with van der Waals surface area (Å²) in [6.45, 7) is 1.46. The number of pyridine rings is 1. The molecular formula is C20H18ClFN4O3. The highest BCUT2D eigenvalue weighted by molar-refractivity contribution is 6.30. The Labute approximate surface area is 171 Å². The molecule has 0 radical (unpaired) electrons. The Balaban J connectivity index is 1.71. The molecule has 1 saturated heterocycles. The van der Waals surface area contributed by atoms with E-state index in [-0.39, 0.29) is 27.9 Å². The maximum Gasteiger partial charge on any atom is 0.335 e. The van der Waals surface area contributed by atoms with Crippen molar-refractivity contribution in [1.82, 2.24) is 14.8 Å². The van der Waals surface area contributed by atoms with Crippen LogP contribution in [0.15, 0.2) is 42.7 Å². The van der Waals surface area contributed by atoms with Gasteiger partial charge in [0.15, 0.2) is 0 Å². The van der Waals surface area contributed by atoms with Gasteiger partial charge >= 0.3 is 5.97 Å². The lowest BCUT2D eigenvalue weighted by atomic mass is 10.1. The number of carboxylic acid groups (broad SMARTS) is 1. The number of nitrogens with zero attached hydrogens (tertiary/aromatic N) is 4. The molecule has 0 saturated carbocycles. The lowest BCUT2D eigenvalue weighted by Crippen LogP contribution is -2.39. The number of morpholine rings is 1. The van der Waals surface area contributed by atoms with Crippen LogP contribution in [0.25, 0.3) is 11.3 Å². The molecule has 9 heteroatoms. The zero-order valence-electron chi connectivity index (χ0n) is 15.5. The van der Waals surface area contributed by atoms with Gasteiger partial charge in [0.05, 0.1) is 24.1 Å². The van der Waals surface area contributed by atoms with Gasteiger partial charge in [-0.05, 0) is 30.3 Å². The topological polar surface area (TPSA) is 80.5 Å². The van der Waals surface area contributed by atoms with Crippen molar-refractivity contribution >= 4 is 23.4 Å². The molecule has 4 rings (SSSR count).